The van der Waals surface area contributed by atoms with Crippen molar-refractivity contribution in [2.45, 2.75) is 44.2 Å². The van der Waals surface area contributed by atoms with Crippen LogP contribution in [0, 0.1) is 5.82 Å². The smallest absolute Gasteiger partial charge is 0.319 e. The zero-order valence-corrected chi connectivity index (χ0v) is 16.8. The van der Waals surface area contributed by atoms with Crippen LogP contribution in [0.2, 0.25) is 0 Å². The topological polar surface area (TPSA) is 70.7 Å². The Labute approximate surface area is 175 Å². The number of para-hydroxylation sites is 1. The molecule has 1 saturated heterocycles. The molecule has 1 heterocycles. The van der Waals surface area contributed by atoms with Gasteiger partial charge in [0.15, 0.2) is 0 Å². The van der Waals surface area contributed by atoms with Crippen LogP contribution in [0.15, 0.2) is 48.5 Å². The second kappa shape index (κ2) is 9.15. The minimum Gasteiger partial charge on any atom is -0.490 e. The molecule has 0 spiro atoms. The summed E-state index contributed by atoms with van der Waals surface area (Å²) in [7, 11) is 0. The van der Waals surface area contributed by atoms with Gasteiger partial charge in [0.05, 0.1) is 11.7 Å². The van der Waals surface area contributed by atoms with Crippen LogP contribution in [-0.2, 0) is 0 Å². The van der Waals surface area contributed by atoms with Crippen LogP contribution in [0.3, 0.4) is 0 Å². The van der Waals surface area contributed by atoms with Gasteiger partial charge in [0.2, 0.25) is 0 Å². The highest BCUT2D eigenvalue weighted by atomic mass is 19.1. The monoisotopic (exact) mass is 411 g/mol. The van der Waals surface area contributed by atoms with Crippen molar-refractivity contribution in [3.8, 4) is 5.75 Å². The summed E-state index contributed by atoms with van der Waals surface area (Å²) >= 11 is 0. The summed E-state index contributed by atoms with van der Waals surface area (Å²) in [6.07, 6.45) is 4.82. The molecule has 6 nitrogen and oxygen atoms in total. The van der Waals surface area contributed by atoms with Crippen LogP contribution in [0.25, 0.3) is 0 Å². The van der Waals surface area contributed by atoms with E-state index in [1.807, 2.05) is 29.2 Å². The summed E-state index contributed by atoms with van der Waals surface area (Å²) < 4.78 is 19.0. The fraction of sp³-hybridized carbons (Fsp3) is 0.391. The number of urea groups is 1. The number of hydrogen-bond acceptors (Lipinski definition) is 3. The van der Waals surface area contributed by atoms with E-state index in [4.69, 9.17) is 4.74 Å². The number of piperidine rings is 1. The van der Waals surface area contributed by atoms with E-state index in [1.165, 1.54) is 30.7 Å². The van der Waals surface area contributed by atoms with E-state index in [0.29, 0.717) is 42.9 Å². The van der Waals surface area contributed by atoms with Gasteiger partial charge in [0, 0.05) is 24.8 Å². The number of carbonyl (C=O) groups is 2. The van der Waals surface area contributed by atoms with Crippen molar-refractivity contribution in [3.63, 3.8) is 0 Å². The molecule has 1 aliphatic carbocycles. The van der Waals surface area contributed by atoms with Crippen LogP contribution in [0.5, 0.6) is 5.75 Å². The summed E-state index contributed by atoms with van der Waals surface area (Å²) in [5.74, 6) is 0.280. The van der Waals surface area contributed by atoms with E-state index in [0.717, 1.165) is 12.8 Å². The number of rotatable bonds is 5. The van der Waals surface area contributed by atoms with E-state index in [9.17, 15) is 14.0 Å². The van der Waals surface area contributed by atoms with Gasteiger partial charge in [-0.05, 0) is 68.5 Å². The van der Waals surface area contributed by atoms with Crippen molar-refractivity contribution in [1.29, 1.82) is 0 Å². The van der Waals surface area contributed by atoms with E-state index in [-0.39, 0.29) is 29.9 Å². The highest BCUT2D eigenvalue weighted by Gasteiger charge is 2.27. The molecule has 0 atom stereocenters. The van der Waals surface area contributed by atoms with Crippen molar-refractivity contribution in [3.05, 3.63) is 59.9 Å². The maximum Gasteiger partial charge on any atom is 0.319 e. The number of halogens is 1. The third kappa shape index (κ3) is 4.90. The van der Waals surface area contributed by atoms with Crippen molar-refractivity contribution >= 4 is 17.6 Å². The molecule has 1 saturated carbocycles. The van der Waals surface area contributed by atoms with Gasteiger partial charge in [-0.1, -0.05) is 12.1 Å². The van der Waals surface area contributed by atoms with Crippen LogP contribution in [0.1, 0.15) is 42.5 Å². The van der Waals surface area contributed by atoms with Gasteiger partial charge in [0.25, 0.3) is 5.91 Å². The first kappa shape index (κ1) is 20.2. The molecule has 2 aromatic rings. The first-order valence-electron chi connectivity index (χ1n) is 10.5. The number of nitrogens with zero attached hydrogens (tertiary/aromatic N) is 1. The number of hydrogen-bond donors (Lipinski definition) is 2. The average molecular weight is 411 g/mol. The Balaban J connectivity index is 1.28. The lowest BCUT2D eigenvalue weighted by molar-refractivity contribution is 0.0692. The second-order valence-corrected chi connectivity index (χ2v) is 7.84. The SMILES string of the molecule is O=C(Nc1ccc(F)cc1)NC1CCN(C(=O)c2ccccc2OC2CCC2)CC1. The quantitative estimate of drug-likeness (QED) is 0.775. The Morgan fingerprint density at radius 2 is 1.67 bits per heavy atom. The molecule has 2 N–H and O–H groups in total. The Kier molecular flexibility index (Phi) is 6.16. The maximum absolute atomic E-state index is 13.0. The number of carbonyl (C=O) groups excluding carboxylic acids is 2. The van der Waals surface area contributed by atoms with Crippen LogP contribution in [-0.4, -0.2) is 42.1 Å². The minimum absolute atomic E-state index is 0.0176. The third-order valence-electron chi connectivity index (χ3n) is 5.68. The fourth-order valence-corrected chi connectivity index (χ4v) is 3.70. The molecule has 2 fully saturated rings. The molecule has 158 valence electrons. The van der Waals surface area contributed by atoms with Crippen LogP contribution in [0.4, 0.5) is 14.9 Å². The normalized spacial score (nSPS) is 17.2. The molecule has 0 bridgehead atoms. The number of ether oxygens (including phenoxy) is 1. The summed E-state index contributed by atoms with van der Waals surface area (Å²) in [6, 6.07) is 12.7. The molecular weight excluding hydrogens is 385 g/mol. The van der Waals surface area contributed by atoms with Gasteiger partial charge in [-0.25, -0.2) is 9.18 Å². The van der Waals surface area contributed by atoms with Crippen LogP contribution < -0.4 is 15.4 Å². The predicted molar refractivity (Wildman–Crippen MR) is 112 cm³/mol. The second-order valence-electron chi connectivity index (χ2n) is 7.84. The van der Waals surface area contributed by atoms with Crippen molar-refractivity contribution in [2.75, 3.05) is 18.4 Å². The fourth-order valence-electron chi connectivity index (χ4n) is 3.70. The zero-order chi connectivity index (χ0) is 20.9. The summed E-state index contributed by atoms with van der Waals surface area (Å²) in [6.45, 7) is 1.14. The Bertz CT molecular complexity index is 891. The standard InChI is InChI=1S/C23H26FN3O3/c24-16-8-10-17(11-9-16)25-23(29)26-18-12-14-27(15-13-18)22(28)20-6-1-2-7-21(20)30-19-4-3-5-19/h1-2,6-11,18-19H,3-5,12-15H2,(H2,25,26,29). The molecule has 7 heteroatoms. The lowest BCUT2D eigenvalue weighted by Crippen LogP contribution is -2.47. The Hall–Kier alpha value is -3.09. The molecule has 2 aromatic carbocycles. The zero-order valence-electron chi connectivity index (χ0n) is 16.8. The number of likely N-dealkylation sites (tertiary alicyclic amines) is 1. The molecule has 2 aliphatic rings. The molecule has 3 amide bonds. The first-order chi connectivity index (χ1) is 14.6. The van der Waals surface area contributed by atoms with Crippen LogP contribution >= 0.6 is 0 Å². The first-order valence-corrected chi connectivity index (χ1v) is 10.5. The lowest BCUT2D eigenvalue weighted by Gasteiger charge is -2.33. The highest BCUT2D eigenvalue weighted by molar-refractivity contribution is 5.97. The third-order valence-corrected chi connectivity index (χ3v) is 5.68. The van der Waals surface area contributed by atoms with E-state index in [2.05, 4.69) is 10.6 Å². The lowest BCUT2D eigenvalue weighted by atomic mass is 9.96. The van der Waals surface area contributed by atoms with E-state index < -0.39 is 0 Å². The number of anilines is 1. The molecule has 4 rings (SSSR count). The van der Waals surface area contributed by atoms with E-state index >= 15 is 0 Å². The maximum atomic E-state index is 13.0. The number of benzene rings is 2. The number of nitrogens with one attached hydrogen (secondary N) is 2. The minimum atomic E-state index is -0.349. The summed E-state index contributed by atoms with van der Waals surface area (Å²) in [4.78, 5) is 27.0. The predicted octanol–water partition coefficient (Wildman–Crippen LogP) is 4.18. The largest absolute Gasteiger partial charge is 0.490 e. The van der Waals surface area contributed by atoms with Gasteiger partial charge in [-0.3, -0.25) is 4.79 Å². The van der Waals surface area contributed by atoms with E-state index in [1.54, 1.807) is 0 Å². The molecule has 0 aromatic heterocycles. The highest BCUT2D eigenvalue weighted by Crippen LogP contribution is 2.28. The number of amides is 3. The van der Waals surface area contributed by atoms with Gasteiger partial charge in [0.1, 0.15) is 11.6 Å². The van der Waals surface area contributed by atoms with Crippen molar-refractivity contribution < 1.29 is 18.7 Å². The van der Waals surface area contributed by atoms with Gasteiger partial charge >= 0.3 is 6.03 Å². The molecule has 30 heavy (non-hydrogen) atoms. The van der Waals surface area contributed by atoms with Gasteiger partial charge in [-0.2, -0.15) is 0 Å². The molecule has 1 aliphatic heterocycles. The molecule has 0 unspecified atom stereocenters. The molecule has 0 radical (unpaired) electrons. The van der Waals surface area contributed by atoms with Gasteiger partial charge < -0.3 is 20.3 Å². The Morgan fingerprint density at radius 1 is 0.967 bits per heavy atom. The Morgan fingerprint density at radius 3 is 2.33 bits per heavy atom. The van der Waals surface area contributed by atoms with Gasteiger partial charge in [-0.15, -0.1) is 0 Å². The van der Waals surface area contributed by atoms with Crippen molar-refractivity contribution in [2.24, 2.45) is 0 Å². The summed E-state index contributed by atoms with van der Waals surface area (Å²) in [5.41, 5.74) is 1.13. The summed E-state index contributed by atoms with van der Waals surface area (Å²) in [5, 5.41) is 5.63. The average Bonchev–Trinajstić information content (AvgIpc) is 2.73. The van der Waals surface area contributed by atoms with Crippen molar-refractivity contribution in [1.82, 2.24) is 10.2 Å². The molecular formula is C23H26FN3O3.